The van der Waals surface area contributed by atoms with Gasteiger partial charge in [0.15, 0.2) is 0 Å². The van der Waals surface area contributed by atoms with Gasteiger partial charge in [-0.3, -0.25) is 9.98 Å². The molecule has 0 amide bonds. The zero-order valence-electron chi connectivity index (χ0n) is 14.7. The minimum absolute atomic E-state index is 0.0468. The molecule has 142 valence electrons. The standard InChI is InChI=1S/C20H22N2O5/c23-8-12(9-24)21-19-17-4-2-1-3-15(17)16-6-5-14(27)7-18(16)20(19)22-13(10-25)11-26/h1-7,12-13,23-27H,8-11H2. The molecule has 0 unspecified atom stereocenters. The maximum absolute atomic E-state index is 9.99. The highest BCUT2D eigenvalue weighted by Crippen LogP contribution is 2.36. The average molecular weight is 370 g/mol. The van der Waals surface area contributed by atoms with Crippen molar-refractivity contribution >= 4 is 11.4 Å². The minimum Gasteiger partial charge on any atom is -0.508 e. The van der Waals surface area contributed by atoms with E-state index in [1.807, 2.05) is 24.3 Å². The van der Waals surface area contributed by atoms with Crippen LogP contribution in [0, 0.1) is 0 Å². The summed E-state index contributed by atoms with van der Waals surface area (Å²) in [7, 11) is 0. The fourth-order valence-corrected chi connectivity index (χ4v) is 3.05. The van der Waals surface area contributed by atoms with Crippen molar-refractivity contribution in [3.63, 3.8) is 0 Å². The number of aliphatic hydroxyl groups excluding tert-OH is 4. The van der Waals surface area contributed by atoms with Crippen molar-refractivity contribution in [2.45, 2.75) is 12.1 Å². The third kappa shape index (κ3) is 3.77. The van der Waals surface area contributed by atoms with Crippen LogP contribution in [0.15, 0.2) is 52.4 Å². The number of nitrogens with zero attached hydrogens (tertiary/aromatic N) is 2. The maximum Gasteiger partial charge on any atom is 0.116 e. The second-order valence-electron chi connectivity index (χ2n) is 6.27. The molecule has 27 heavy (non-hydrogen) atoms. The van der Waals surface area contributed by atoms with E-state index >= 15 is 0 Å². The molecule has 7 heteroatoms. The highest BCUT2D eigenvalue weighted by atomic mass is 16.3. The summed E-state index contributed by atoms with van der Waals surface area (Å²) in [5.41, 5.74) is 3.90. The average Bonchev–Trinajstić information content (AvgIpc) is 2.70. The Morgan fingerprint density at radius 2 is 1.11 bits per heavy atom. The molecule has 2 aromatic carbocycles. The largest absolute Gasteiger partial charge is 0.508 e. The summed E-state index contributed by atoms with van der Waals surface area (Å²) < 4.78 is 0. The van der Waals surface area contributed by atoms with Crippen molar-refractivity contribution in [3.05, 3.63) is 53.6 Å². The van der Waals surface area contributed by atoms with Gasteiger partial charge >= 0.3 is 0 Å². The minimum atomic E-state index is -0.757. The van der Waals surface area contributed by atoms with Crippen LogP contribution in [0.3, 0.4) is 0 Å². The van der Waals surface area contributed by atoms with Crippen LogP contribution in [0.5, 0.6) is 5.75 Å². The van der Waals surface area contributed by atoms with Crippen LogP contribution in [-0.4, -0.2) is 75.5 Å². The molecule has 5 N–H and O–H groups in total. The van der Waals surface area contributed by atoms with Crippen LogP contribution >= 0.6 is 0 Å². The lowest BCUT2D eigenvalue weighted by Gasteiger charge is -2.25. The molecule has 1 aliphatic rings. The van der Waals surface area contributed by atoms with Gasteiger partial charge in [-0.05, 0) is 23.3 Å². The number of rotatable bonds is 6. The number of aliphatic hydroxyl groups is 4. The fraction of sp³-hybridized carbons (Fsp3) is 0.300. The van der Waals surface area contributed by atoms with Gasteiger partial charge in [0.1, 0.15) is 5.75 Å². The number of aliphatic imine (C=N–C) groups is 2. The molecular formula is C20H22N2O5. The second kappa shape index (κ2) is 8.41. The molecule has 0 spiro atoms. The van der Waals surface area contributed by atoms with E-state index < -0.39 is 12.1 Å². The number of hydrogen-bond donors (Lipinski definition) is 5. The molecule has 0 saturated carbocycles. The van der Waals surface area contributed by atoms with Crippen molar-refractivity contribution in [1.82, 2.24) is 0 Å². The van der Waals surface area contributed by atoms with Gasteiger partial charge in [0.05, 0.1) is 49.9 Å². The van der Waals surface area contributed by atoms with E-state index in [2.05, 4.69) is 9.98 Å². The third-order valence-electron chi connectivity index (χ3n) is 4.42. The lowest BCUT2D eigenvalue weighted by molar-refractivity contribution is 0.194. The lowest BCUT2D eigenvalue weighted by atomic mass is 9.82. The Morgan fingerprint density at radius 1 is 0.630 bits per heavy atom. The molecular weight excluding hydrogens is 348 g/mol. The van der Waals surface area contributed by atoms with Crippen molar-refractivity contribution in [1.29, 1.82) is 0 Å². The Morgan fingerprint density at radius 3 is 1.67 bits per heavy atom. The van der Waals surface area contributed by atoms with Gasteiger partial charge in [-0.2, -0.15) is 0 Å². The molecule has 0 aliphatic heterocycles. The molecule has 2 aromatic rings. The van der Waals surface area contributed by atoms with Crippen molar-refractivity contribution in [2.24, 2.45) is 9.98 Å². The molecule has 0 heterocycles. The number of phenolic OH excluding ortho intramolecular Hbond substituents is 1. The van der Waals surface area contributed by atoms with Crippen LogP contribution in [0.2, 0.25) is 0 Å². The Labute approximate surface area is 156 Å². The van der Waals surface area contributed by atoms with Gasteiger partial charge in [0, 0.05) is 11.1 Å². The monoisotopic (exact) mass is 370 g/mol. The van der Waals surface area contributed by atoms with Gasteiger partial charge in [-0.1, -0.05) is 30.3 Å². The van der Waals surface area contributed by atoms with Crippen LogP contribution in [0.25, 0.3) is 11.1 Å². The fourth-order valence-electron chi connectivity index (χ4n) is 3.05. The SMILES string of the molecule is OCC(CO)N=C1C(=NC(CO)CO)c2cc(O)ccc2-c2ccccc21. The van der Waals surface area contributed by atoms with Crippen LogP contribution < -0.4 is 0 Å². The number of hydrogen-bond acceptors (Lipinski definition) is 7. The third-order valence-corrected chi connectivity index (χ3v) is 4.42. The molecule has 0 radical (unpaired) electrons. The summed E-state index contributed by atoms with van der Waals surface area (Å²) in [4.78, 5) is 8.95. The molecule has 1 aliphatic carbocycles. The lowest BCUT2D eigenvalue weighted by Crippen LogP contribution is -2.30. The van der Waals surface area contributed by atoms with Gasteiger partial charge in [0.2, 0.25) is 0 Å². The Kier molecular flexibility index (Phi) is 5.98. The molecule has 0 atom stereocenters. The maximum atomic E-state index is 9.99. The van der Waals surface area contributed by atoms with E-state index in [1.54, 1.807) is 18.2 Å². The van der Waals surface area contributed by atoms with Crippen LogP contribution in [0.4, 0.5) is 0 Å². The zero-order chi connectivity index (χ0) is 19.4. The van der Waals surface area contributed by atoms with E-state index in [1.165, 1.54) is 0 Å². The van der Waals surface area contributed by atoms with Crippen molar-refractivity contribution in [3.8, 4) is 16.9 Å². The summed E-state index contributed by atoms with van der Waals surface area (Å²) in [6.07, 6.45) is 0. The molecule has 0 bridgehead atoms. The van der Waals surface area contributed by atoms with E-state index in [0.29, 0.717) is 17.0 Å². The molecule has 7 nitrogen and oxygen atoms in total. The van der Waals surface area contributed by atoms with Gasteiger partial charge in [-0.25, -0.2) is 0 Å². The van der Waals surface area contributed by atoms with E-state index in [0.717, 1.165) is 16.7 Å². The topological polar surface area (TPSA) is 126 Å². The Hall–Kier alpha value is -2.58. The summed E-state index contributed by atoms with van der Waals surface area (Å²) >= 11 is 0. The Balaban J connectivity index is 2.32. The first-order chi connectivity index (χ1) is 13.1. The smallest absolute Gasteiger partial charge is 0.116 e. The first-order valence-corrected chi connectivity index (χ1v) is 8.65. The number of fused-ring (bicyclic) bond motifs is 3. The van der Waals surface area contributed by atoms with Gasteiger partial charge in [0.25, 0.3) is 0 Å². The highest BCUT2D eigenvalue weighted by Gasteiger charge is 2.28. The quantitative estimate of drug-likeness (QED) is 0.502. The first kappa shape index (κ1) is 19.2. The first-order valence-electron chi connectivity index (χ1n) is 8.65. The van der Waals surface area contributed by atoms with Crippen molar-refractivity contribution in [2.75, 3.05) is 26.4 Å². The predicted molar refractivity (Wildman–Crippen MR) is 103 cm³/mol. The van der Waals surface area contributed by atoms with E-state index in [4.69, 9.17) is 0 Å². The number of benzene rings is 2. The Bertz CT molecular complexity index is 870. The summed E-state index contributed by atoms with van der Waals surface area (Å²) in [6.45, 7) is -1.39. The van der Waals surface area contributed by atoms with Gasteiger partial charge < -0.3 is 25.5 Å². The zero-order valence-corrected chi connectivity index (χ0v) is 14.7. The number of phenols is 1. The second-order valence-corrected chi connectivity index (χ2v) is 6.27. The molecule has 3 rings (SSSR count). The highest BCUT2D eigenvalue weighted by molar-refractivity contribution is 6.57. The summed E-state index contributed by atoms with van der Waals surface area (Å²) in [5, 5.41) is 47.9. The van der Waals surface area contributed by atoms with Crippen molar-refractivity contribution < 1.29 is 25.5 Å². The normalized spacial score (nSPS) is 16.2. The predicted octanol–water partition coefficient (Wildman–Crippen LogP) is 0.357. The number of aromatic hydroxyl groups is 1. The summed E-state index contributed by atoms with van der Waals surface area (Å²) in [6, 6.07) is 10.9. The van der Waals surface area contributed by atoms with E-state index in [9.17, 15) is 25.5 Å². The molecule has 0 saturated heterocycles. The summed E-state index contributed by atoms with van der Waals surface area (Å²) in [5.74, 6) is 0.0468. The van der Waals surface area contributed by atoms with Crippen LogP contribution in [0.1, 0.15) is 11.1 Å². The molecule has 0 aromatic heterocycles. The van der Waals surface area contributed by atoms with Crippen LogP contribution in [-0.2, 0) is 0 Å². The van der Waals surface area contributed by atoms with E-state index in [-0.39, 0.29) is 32.2 Å². The van der Waals surface area contributed by atoms with Gasteiger partial charge in [-0.15, -0.1) is 0 Å². The molecule has 0 fully saturated rings.